The summed E-state index contributed by atoms with van der Waals surface area (Å²) in [5.74, 6) is 0.224. The van der Waals surface area contributed by atoms with Crippen molar-refractivity contribution in [2.24, 2.45) is 0 Å². The van der Waals surface area contributed by atoms with Gasteiger partial charge in [0.2, 0.25) is 0 Å². The van der Waals surface area contributed by atoms with Crippen LogP contribution < -0.4 is 0 Å². The van der Waals surface area contributed by atoms with E-state index in [1.165, 1.54) is 20.5 Å². The molecule has 0 saturated heterocycles. The van der Waals surface area contributed by atoms with Crippen LogP contribution >= 0.6 is 22.7 Å². The van der Waals surface area contributed by atoms with E-state index in [2.05, 4.69) is 43.5 Å². The van der Waals surface area contributed by atoms with E-state index in [-0.39, 0.29) is 5.78 Å². The Morgan fingerprint density at radius 2 is 1.95 bits per heavy atom. The number of aryl methyl sites for hydroxylation is 2. The van der Waals surface area contributed by atoms with Gasteiger partial charge < -0.3 is 0 Å². The third kappa shape index (κ3) is 2.48. The molecule has 0 bridgehead atoms. The summed E-state index contributed by atoms with van der Waals surface area (Å²) in [5, 5.41) is 2.07. The highest BCUT2D eigenvalue weighted by Crippen LogP contribution is 2.30. The average Bonchev–Trinajstić information content (AvgIpc) is 2.94. The van der Waals surface area contributed by atoms with Crippen LogP contribution in [0.25, 0.3) is 9.40 Å². The summed E-state index contributed by atoms with van der Waals surface area (Å²) in [6.45, 7) is 4.13. The number of hydrogen-bond acceptors (Lipinski definition) is 3. The molecular weight excluding hydrogens is 272 g/mol. The van der Waals surface area contributed by atoms with E-state index < -0.39 is 0 Å². The minimum Gasteiger partial charge on any atom is -0.293 e. The molecule has 96 valence electrons. The number of rotatable bonds is 3. The Hall–Kier alpha value is -1.45. The van der Waals surface area contributed by atoms with Crippen LogP contribution in [-0.4, -0.2) is 5.78 Å². The molecule has 0 fully saturated rings. The lowest BCUT2D eigenvalue weighted by Gasteiger charge is -2.05. The van der Waals surface area contributed by atoms with Crippen molar-refractivity contribution in [1.29, 1.82) is 0 Å². The summed E-state index contributed by atoms with van der Waals surface area (Å²) < 4.78 is 2.43. The number of carbonyl (C=O) groups excluding carboxylic acids is 1. The molecular formula is C16H14OS2. The molecule has 19 heavy (non-hydrogen) atoms. The lowest BCUT2D eigenvalue weighted by molar-refractivity contribution is 0.0996. The zero-order valence-corrected chi connectivity index (χ0v) is 12.5. The van der Waals surface area contributed by atoms with Gasteiger partial charge in [-0.05, 0) is 42.5 Å². The Kier molecular flexibility index (Phi) is 3.25. The minimum atomic E-state index is 0.224. The van der Waals surface area contributed by atoms with Crippen molar-refractivity contribution in [3.63, 3.8) is 0 Å². The highest BCUT2D eigenvalue weighted by Gasteiger charge is 2.13. The first-order valence-electron chi connectivity index (χ1n) is 6.20. The van der Waals surface area contributed by atoms with Gasteiger partial charge in [0, 0.05) is 15.8 Å². The number of fused-ring (bicyclic) bond motifs is 1. The van der Waals surface area contributed by atoms with Gasteiger partial charge in [-0.15, -0.1) is 22.7 Å². The van der Waals surface area contributed by atoms with Gasteiger partial charge in [-0.2, -0.15) is 0 Å². The van der Waals surface area contributed by atoms with E-state index in [0.717, 1.165) is 10.4 Å². The average molecular weight is 286 g/mol. The van der Waals surface area contributed by atoms with Crippen molar-refractivity contribution in [2.45, 2.75) is 20.3 Å². The fourth-order valence-electron chi connectivity index (χ4n) is 2.15. The third-order valence-electron chi connectivity index (χ3n) is 3.27. The van der Waals surface area contributed by atoms with E-state index in [9.17, 15) is 4.79 Å². The van der Waals surface area contributed by atoms with E-state index in [4.69, 9.17) is 0 Å². The van der Waals surface area contributed by atoms with Crippen LogP contribution in [0, 0.1) is 13.8 Å². The topological polar surface area (TPSA) is 17.1 Å². The molecule has 2 heterocycles. The maximum Gasteiger partial charge on any atom is 0.177 e. The fourth-order valence-corrected chi connectivity index (χ4v) is 4.20. The second kappa shape index (κ2) is 4.91. The number of thiophene rings is 2. The molecule has 3 rings (SSSR count). The van der Waals surface area contributed by atoms with Crippen molar-refractivity contribution < 1.29 is 4.79 Å². The van der Waals surface area contributed by atoms with Crippen LogP contribution in [0.3, 0.4) is 0 Å². The smallest absolute Gasteiger partial charge is 0.177 e. The van der Waals surface area contributed by atoms with Crippen LogP contribution in [0.4, 0.5) is 0 Å². The molecule has 0 atom stereocenters. The van der Waals surface area contributed by atoms with Gasteiger partial charge in [0.25, 0.3) is 0 Å². The van der Waals surface area contributed by atoms with Crippen LogP contribution in [0.15, 0.2) is 35.7 Å². The Balaban J connectivity index is 1.88. The SMILES string of the molecule is Cc1ccc(C)c(CC(=O)c2cc3sccc3s2)c1. The lowest BCUT2D eigenvalue weighted by Crippen LogP contribution is -2.03. The van der Waals surface area contributed by atoms with Crippen molar-refractivity contribution in [1.82, 2.24) is 0 Å². The molecule has 1 aromatic carbocycles. The maximum atomic E-state index is 12.4. The van der Waals surface area contributed by atoms with Gasteiger partial charge in [-0.1, -0.05) is 23.8 Å². The van der Waals surface area contributed by atoms with Crippen LogP contribution in [0.1, 0.15) is 26.4 Å². The van der Waals surface area contributed by atoms with Crippen molar-refractivity contribution in [3.8, 4) is 0 Å². The molecule has 0 radical (unpaired) electrons. The molecule has 0 amide bonds. The maximum absolute atomic E-state index is 12.4. The highest BCUT2D eigenvalue weighted by atomic mass is 32.1. The van der Waals surface area contributed by atoms with Gasteiger partial charge in [-0.3, -0.25) is 4.79 Å². The van der Waals surface area contributed by atoms with Gasteiger partial charge in [-0.25, -0.2) is 0 Å². The summed E-state index contributed by atoms with van der Waals surface area (Å²) in [7, 11) is 0. The molecule has 0 aliphatic heterocycles. The van der Waals surface area contributed by atoms with E-state index in [1.807, 2.05) is 6.07 Å². The van der Waals surface area contributed by atoms with E-state index >= 15 is 0 Å². The predicted molar refractivity (Wildman–Crippen MR) is 83.7 cm³/mol. The molecule has 0 aliphatic carbocycles. The monoisotopic (exact) mass is 286 g/mol. The zero-order valence-electron chi connectivity index (χ0n) is 10.9. The summed E-state index contributed by atoms with van der Waals surface area (Å²) in [6.07, 6.45) is 0.501. The molecule has 0 unspecified atom stereocenters. The molecule has 0 aliphatic rings. The van der Waals surface area contributed by atoms with Crippen LogP contribution in [0.5, 0.6) is 0 Å². The second-order valence-electron chi connectivity index (χ2n) is 4.79. The van der Waals surface area contributed by atoms with E-state index in [1.54, 1.807) is 22.7 Å². The molecule has 1 nitrogen and oxygen atoms in total. The van der Waals surface area contributed by atoms with Crippen molar-refractivity contribution >= 4 is 37.9 Å². The second-order valence-corrected chi connectivity index (χ2v) is 6.82. The molecule has 3 heteroatoms. The first-order valence-corrected chi connectivity index (χ1v) is 7.89. The quantitative estimate of drug-likeness (QED) is 0.619. The molecule has 0 N–H and O–H groups in total. The number of Topliss-reactive ketones (excluding diaryl/α,β-unsaturated/α-hetero) is 1. The normalized spacial score (nSPS) is 11.1. The first kappa shape index (κ1) is 12.6. The Morgan fingerprint density at radius 3 is 2.74 bits per heavy atom. The zero-order chi connectivity index (χ0) is 13.4. The van der Waals surface area contributed by atoms with Gasteiger partial charge in [0.1, 0.15) is 0 Å². The van der Waals surface area contributed by atoms with Crippen LogP contribution in [-0.2, 0) is 6.42 Å². The number of ketones is 1. The number of hydrogen-bond donors (Lipinski definition) is 0. The Bertz CT molecular complexity index is 721. The van der Waals surface area contributed by atoms with Gasteiger partial charge in [0.15, 0.2) is 5.78 Å². The molecule has 3 aromatic rings. The highest BCUT2D eigenvalue weighted by molar-refractivity contribution is 7.27. The van der Waals surface area contributed by atoms with Crippen LogP contribution in [0.2, 0.25) is 0 Å². The Labute approximate surface area is 120 Å². The standard InChI is InChI=1S/C16H14OS2/c1-10-3-4-11(2)12(7-10)8-13(17)15-9-16-14(19-15)5-6-18-16/h3-7,9H,8H2,1-2H3. The summed E-state index contributed by atoms with van der Waals surface area (Å²) >= 11 is 3.30. The van der Waals surface area contributed by atoms with Crippen molar-refractivity contribution in [3.05, 3.63) is 57.3 Å². The lowest BCUT2D eigenvalue weighted by atomic mass is 10.0. The molecule has 0 saturated carbocycles. The Morgan fingerprint density at radius 1 is 1.11 bits per heavy atom. The molecule has 2 aromatic heterocycles. The number of carbonyl (C=O) groups is 1. The summed E-state index contributed by atoms with van der Waals surface area (Å²) in [5.41, 5.74) is 3.54. The minimum absolute atomic E-state index is 0.224. The molecule has 0 spiro atoms. The van der Waals surface area contributed by atoms with Gasteiger partial charge in [0.05, 0.1) is 4.88 Å². The fraction of sp³-hybridized carbons (Fsp3) is 0.188. The predicted octanol–water partition coefficient (Wildman–Crippen LogP) is 5.01. The third-order valence-corrected chi connectivity index (χ3v) is 5.40. The summed E-state index contributed by atoms with van der Waals surface area (Å²) in [4.78, 5) is 13.2. The first-order chi connectivity index (χ1) is 9.13. The summed E-state index contributed by atoms with van der Waals surface area (Å²) in [6, 6.07) is 10.4. The largest absolute Gasteiger partial charge is 0.293 e. The van der Waals surface area contributed by atoms with E-state index in [0.29, 0.717) is 6.42 Å². The van der Waals surface area contributed by atoms with Gasteiger partial charge >= 0.3 is 0 Å². The number of benzene rings is 1. The van der Waals surface area contributed by atoms with Crippen molar-refractivity contribution in [2.75, 3.05) is 0 Å².